The van der Waals surface area contributed by atoms with Crippen molar-refractivity contribution in [3.8, 4) is 11.5 Å². The minimum absolute atomic E-state index is 0. The molecular weight excluding hydrogens is 271 g/mol. The van der Waals surface area contributed by atoms with Crippen molar-refractivity contribution in [1.29, 1.82) is 0 Å². The van der Waals surface area contributed by atoms with Gasteiger partial charge in [-0.2, -0.15) is 13.2 Å². The first-order valence-corrected chi connectivity index (χ1v) is 4.91. The predicted molar refractivity (Wildman–Crippen MR) is 64.4 cm³/mol. The molecule has 1 aromatic carbocycles. The molecule has 0 spiro atoms. The molecule has 2 N–H and O–H groups in total. The Hall–Kier alpha value is -1.14. The van der Waals surface area contributed by atoms with E-state index in [1.165, 1.54) is 32.4 Å². The summed E-state index contributed by atoms with van der Waals surface area (Å²) < 4.78 is 46.5. The number of hydrogen-bond donors (Lipinski definition) is 1. The van der Waals surface area contributed by atoms with Crippen molar-refractivity contribution in [2.24, 2.45) is 5.73 Å². The first-order chi connectivity index (χ1) is 7.87. The van der Waals surface area contributed by atoms with E-state index >= 15 is 0 Å². The zero-order valence-corrected chi connectivity index (χ0v) is 10.8. The van der Waals surface area contributed by atoms with Crippen LogP contribution < -0.4 is 15.2 Å². The smallest absolute Gasteiger partial charge is 0.390 e. The largest absolute Gasteiger partial charge is 0.493 e. The molecule has 0 aliphatic rings. The summed E-state index contributed by atoms with van der Waals surface area (Å²) >= 11 is 0. The molecule has 0 heterocycles. The van der Waals surface area contributed by atoms with Crippen molar-refractivity contribution in [3.63, 3.8) is 0 Å². The van der Waals surface area contributed by atoms with E-state index in [-0.39, 0.29) is 12.4 Å². The van der Waals surface area contributed by atoms with Crippen LogP contribution in [0.1, 0.15) is 18.0 Å². The molecular formula is C11H15ClF3NO2. The van der Waals surface area contributed by atoms with Gasteiger partial charge in [-0.05, 0) is 17.7 Å². The van der Waals surface area contributed by atoms with Crippen molar-refractivity contribution in [1.82, 2.24) is 0 Å². The molecule has 18 heavy (non-hydrogen) atoms. The zero-order valence-electron chi connectivity index (χ0n) is 9.95. The maximum atomic E-state index is 12.2. The molecule has 0 saturated heterocycles. The molecule has 1 aromatic rings. The molecule has 1 atom stereocenters. The third kappa shape index (κ3) is 4.62. The maximum Gasteiger partial charge on any atom is 0.390 e. The molecule has 7 heteroatoms. The number of nitrogens with two attached hydrogens (primary N) is 1. The Morgan fingerprint density at radius 1 is 1.17 bits per heavy atom. The van der Waals surface area contributed by atoms with Gasteiger partial charge in [0, 0.05) is 6.04 Å². The van der Waals surface area contributed by atoms with Crippen LogP contribution in [-0.2, 0) is 0 Å². The van der Waals surface area contributed by atoms with Gasteiger partial charge < -0.3 is 15.2 Å². The summed E-state index contributed by atoms with van der Waals surface area (Å²) in [4.78, 5) is 0. The lowest BCUT2D eigenvalue weighted by Gasteiger charge is -2.16. The average molecular weight is 286 g/mol. The number of halogens is 4. The Kier molecular flexibility index (Phi) is 6.28. The second-order valence-corrected chi connectivity index (χ2v) is 3.54. The van der Waals surface area contributed by atoms with Crippen molar-refractivity contribution >= 4 is 12.4 Å². The lowest BCUT2D eigenvalue weighted by molar-refractivity contribution is -0.138. The van der Waals surface area contributed by atoms with E-state index in [9.17, 15) is 13.2 Å². The van der Waals surface area contributed by atoms with E-state index in [1.807, 2.05) is 0 Å². The highest BCUT2D eigenvalue weighted by molar-refractivity contribution is 5.85. The quantitative estimate of drug-likeness (QED) is 0.924. The summed E-state index contributed by atoms with van der Waals surface area (Å²) in [6.45, 7) is 0. The molecule has 0 bridgehead atoms. The number of hydrogen-bond acceptors (Lipinski definition) is 3. The Morgan fingerprint density at radius 3 is 2.17 bits per heavy atom. The SMILES string of the molecule is COc1ccc([C@H](N)CC(F)(F)F)cc1OC.Cl. The van der Waals surface area contributed by atoms with Gasteiger partial charge in [-0.1, -0.05) is 6.07 Å². The van der Waals surface area contributed by atoms with Gasteiger partial charge in [-0.3, -0.25) is 0 Å². The predicted octanol–water partition coefficient (Wildman–Crippen LogP) is 3.08. The highest BCUT2D eigenvalue weighted by atomic mass is 35.5. The third-order valence-electron chi connectivity index (χ3n) is 2.29. The standard InChI is InChI=1S/C11H14F3NO2.ClH/c1-16-9-4-3-7(5-10(9)17-2)8(15)6-11(12,13)14;/h3-5,8H,6,15H2,1-2H3;1H/t8-;/m1./s1. The average Bonchev–Trinajstić information content (AvgIpc) is 2.25. The fourth-order valence-corrected chi connectivity index (χ4v) is 1.45. The van der Waals surface area contributed by atoms with Crippen LogP contribution >= 0.6 is 12.4 Å². The lowest BCUT2D eigenvalue weighted by atomic mass is 10.0. The van der Waals surface area contributed by atoms with Crippen molar-refractivity contribution in [3.05, 3.63) is 23.8 Å². The van der Waals surface area contributed by atoms with Crippen LogP contribution in [0.5, 0.6) is 11.5 Å². The van der Waals surface area contributed by atoms with Crippen LogP contribution in [0.15, 0.2) is 18.2 Å². The summed E-state index contributed by atoms with van der Waals surface area (Å²) in [5, 5.41) is 0. The second-order valence-electron chi connectivity index (χ2n) is 3.54. The summed E-state index contributed by atoms with van der Waals surface area (Å²) in [6, 6.07) is 3.38. The fourth-order valence-electron chi connectivity index (χ4n) is 1.45. The molecule has 1 rings (SSSR count). The van der Waals surface area contributed by atoms with Gasteiger partial charge in [0.25, 0.3) is 0 Å². The highest BCUT2D eigenvalue weighted by Gasteiger charge is 2.31. The molecule has 0 unspecified atom stereocenters. The van der Waals surface area contributed by atoms with Gasteiger partial charge >= 0.3 is 6.18 Å². The van der Waals surface area contributed by atoms with E-state index in [0.29, 0.717) is 17.1 Å². The van der Waals surface area contributed by atoms with Gasteiger partial charge in [-0.15, -0.1) is 12.4 Å². The molecule has 0 amide bonds. The normalized spacial score (nSPS) is 12.6. The van der Waals surface area contributed by atoms with E-state index < -0.39 is 18.6 Å². The molecule has 0 aliphatic heterocycles. The monoisotopic (exact) mass is 285 g/mol. The molecule has 0 aliphatic carbocycles. The molecule has 104 valence electrons. The minimum Gasteiger partial charge on any atom is -0.493 e. The van der Waals surface area contributed by atoms with Gasteiger partial charge in [0.1, 0.15) is 0 Å². The summed E-state index contributed by atoms with van der Waals surface area (Å²) in [5.74, 6) is 0.818. The molecule has 0 saturated carbocycles. The summed E-state index contributed by atoms with van der Waals surface area (Å²) in [6.07, 6.45) is -5.35. The number of rotatable bonds is 4. The number of benzene rings is 1. The van der Waals surface area contributed by atoms with Crippen LogP contribution in [0.4, 0.5) is 13.2 Å². The van der Waals surface area contributed by atoms with Gasteiger partial charge in [-0.25, -0.2) is 0 Å². The van der Waals surface area contributed by atoms with Gasteiger partial charge in [0.05, 0.1) is 20.6 Å². The van der Waals surface area contributed by atoms with Crippen molar-refractivity contribution in [2.45, 2.75) is 18.6 Å². The Balaban J connectivity index is 0.00000289. The van der Waals surface area contributed by atoms with Crippen LogP contribution in [-0.4, -0.2) is 20.4 Å². The maximum absolute atomic E-state index is 12.2. The first kappa shape index (κ1) is 16.9. The summed E-state index contributed by atoms with van der Waals surface area (Å²) in [7, 11) is 2.87. The van der Waals surface area contributed by atoms with E-state index in [2.05, 4.69) is 0 Å². The zero-order chi connectivity index (χ0) is 13.1. The van der Waals surface area contributed by atoms with Crippen LogP contribution in [0, 0.1) is 0 Å². The highest BCUT2D eigenvalue weighted by Crippen LogP contribution is 2.33. The number of ether oxygens (including phenoxy) is 2. The molecule has 0 aromatic heterocycles. The molecule has 3 nitrogen and oxygen atoms in total. The Labute approximate surface area is 109 Å². The van der Waals surface area contributed by atoms with Crippen molar-refractivity contribution in [2.75, 3.05) is 14.2 Å². The first-order valence-electron chi connectivity index (χ1n) is 4.91. The van der Waals surface area contributed by atoms with Crippen LogP contribution in [0.25, 0.3) is 0 Å². The third-order valence-corrected chi connectivity index (χ3v) is 2.29. The lowest BCUT2D eigenvalue weighted by Crippen LogP contribution is -2.20. The van der Waals surface area contributed by atoms with Crippen LogP contribution in [0.3, 0.4) is 0 Å². The Morgan fingerprint density at radius 2 is 1.72 bits per heavy atom. The Bertz CT molecular complexity index is 385. The van der Waals surface area contributed by atoms with E-state index in [4.69, 9.17) is 15.2 Å². The molecule has 0 fully saturated rings. The number of alkyl halides is 3. The molecule has 0 radical (unpaired) electrons. The van der Waals surface area contributed by atoms with Crippen molar-refractivity contribution < 1.29 is 22.6 Å². The van der Waals surface area contributed by atoms with E-state index in [1.54, 1.807) is 0 Å². The second kappa shape index (κ2) is 6.70. The van der Waals surface area contributed by atoms with Gasteiger partial charge in [0.2, 0.25) is 0 Å². The van der Waals surface area contributed by atoms with Gasteiger partial charge in [0.15, 0.2) is 11.5 Å². The fraction of sp³-hybridized carbons (Fsp3) is 0.455. The minimum atomic E-state index is -4.29. The van der Waals surface area contributed by atoms with E-state index in [0.717, 1.165) is 0 Å². The number of methoxy groups -OCH3 is 2. The summed E-state index contributed by atoms with van der Waals surface area (Å²) in [5.41, 5.74) is 5.84. The van der Waals surface area contributed by atoms with Crippen LogP contribution in [0.2, 0.25) is 0 Å². The topological polar surface area (TPSA) is 44.5 Å².